The minimum Gasteiger partial charge on any atom is -0.345 e. The van der Waals surface area contributed by atoms with Crippen LogP contribution in [-0.2, 0) is 17.1 Å². The van der Waals surface area contributed by atoms with E-state index in [2.05, 4.69) is 0 Å². The Hall–Kier alpha value is -1.34. The molecular weight excluding hydrogens is 278 g/mol. The number of primary sulfonamides is 1. The molecule has 20 heavy (non-hydrogen) atoms. The van der Waals surface area contributed by atoms with Crippen LogP contribution in [0.15, 0.2) is 17.2 Å². The molecule has 1 saturated carbocycles. The van der Waals surface area contributed by atoms with Gasteiger partial charge in [0, 0.05) is 26.3 Å². The Morgan fingerprint density at radius 2 is 1.90 bits per heavy atom. The van der Waals surface area contributed by atoms with Gasteiger partial charge in [0.05, 0.1) is 0 Å². The molecule has 1 aliphatic carbocycles. The molecule has 0 radical (unpaired) electrons. The summed E-state index contributed by atoms with van der Waals surface area (Å²) < 4.78 is 24.2. The maximum Gasteiger partial charge on any atom is 0.270 e. The van der Waals surface area contributed by atoms with E-state index in [-0.39, 0.29) is 10.8 Å². The molecule has 0 bridgehead atoms. The molecule has 2 atom stereocenters. The van der Waals surface area contributed by atoms with Crippen molar-refractivity contribution in [1.29, 1.82) is 0 Å². The Bertz CT molecular complexity index is 638. The Labute approximate surface area is 118 Å². The molecule has 0 aromatic carbocycles. The number of amides is 1. The fourth-order valence-electron chi connectivity index (χ4n) is 3.47. The minimum atomic E-state index is -3.77. The highest BCUT2D eigenvalue weighted by molar-refractivity contribution is 7.89. The lowest BCUT2D eigenvalue weighted by molar-refractivity contribution is 0.0771. The van der Waals surface area contributed by atoms with Crippen LogP contribution in [0.4, 0.5) is 0 Å². The van der Waals surface area contributed by atoms with Crippen LogP contribution in [0.25, 0.3) is 0 Å². The predicted molar refractivity (Wildman–Crippen MR) is 73.5 cm³/mol. The first kappa shape index (κ1) is 13.6. The highest BCUT2D eigenvalue weighted by atomic mass is 32.2. The van der Waals surface area contributed by atoms with E-state index in [0.29, 0.717) is 17.5 Å². The van der Waals surface area contributed by atoms with Crippen LogP contribution in [0.2, 0.25) is 0 Å². The molecule has 110 valence electrons. The third-order valence-corrected chi connectivity index (χ3v) is 5.42. The third kappa shape index (κ3) is 2.25. The molecule has 3 rings (SSSR count). The summed E-state index contributed by atoms with van der Waals surface area (Å²) in [5.74, 6) is 1.14. The predicted octanol–water partition coefficient (Wildman–Crippen LogP) is 0.545. The molecule has 2 heterocycles. The number of sulfonamides is 1. The van der Waals surface area contributed by atoms with Gasteiger partial charge in [0.25, 0.3) is 5.91 Å². The highest BCUT2D eigenvalue weighted by Crippen LogP contribution is 2.38. The van der Waals surface area contributed by atoms with E-state index in [1.807, 2.05) is 4.90 Å². The molecule has 1 aromatic heterocycles. The molecule has 0 spiro atoms. The highest BCUT2D eigenvalue weighted by Gasteiger charge is 2.38. The number of hydrogen-bond donors (Lipinski definition) is 1. The van der Waals surface area contributed by atoms with E-state index in [1.165, 1.54) is 36.1 Å². The SMILES string of the molecule is Cn1cc(S(N)(=O)=O)cc1C(=O)N1CC2CCCC2C1. The second-order valence-corrected chi connectivity index (χ2v) is 7.44. The van der Waals surface area contributed by atoms with Crippen LogP contribution in [0.5, 0.6) is 0 Å². The quantitative estimate of drug-likeness (QED) is 0.864. The summed E-state index contributed by atoms with van der Waals surface area (Å²) in [6.45, 7) is 1.58. The number of nitrogens with zero attached hydrogens (tertiary/aromatic N) is 2. The number of hydrogen-bond acceptors (Lipinski definition) is 3. The Morgan fingerprint density at radius 3 is 2.40 bits per heavy atom. The van der Waals surface area contributed by atoms with E-state index in [9.17, 15) is 13.2 Å². The second kappa shape index (κ2) is 4.60. The zero-order chi connectivity index (χ0) is 14.5. The van der Waals surface area contributed by atoms with Crippen molar-refractivity contribution in [2.75, 3.05) is 13.1 Å². The first-order chi connectivity index (χ1) is 9.36. The summed E-state index contributed by atoms with van der Waals surface area (Å²) in [5, 5.41) is 5.10. The zero-order valence-electron chi connectivity index (χ0n) is 11.4. The van der Waals surface area contributed by atoms with Crippen molar-refractivity contribution in [3.05, 3.63) is 18.0 Å². The summed E-state index contributed by atoms with van der Waals surface area (Å²) in [7, 11) is -2.10. The van der Waals surface area contributed by atoms with Crippen LogP contribution < -0.4 is 5.14 Å². The van der Waals surface area contributed by atoms with Gasteiger partial charge in [-0.25, -0.2) is 13.6 Å². The van der Waals surface area contributed by atoms with Gasteiger partial charge in [-0.1, -0.05) is 6.42 Å². The molecule has 2 aliphatic rings. The summed E-state index contributed by atoms with van der Waals surface area (Å²) in [6, 6.07) is 1.37. The topological polar surface area (TPSA) is 85.4 Å². The fourth-order valence-corrected chi connectivity index (χ4v) is 4.05. The molecular formula is C13H19N3O3S. The van der Waals surface area contributed by atoms with Crippen LogP contribution in [-0.4, -0.2) is 36.9 Å². The number of rotatable bonds is 2. The number of carbonyl (C=O) groups excluding carboxylic acids is 1. The monoisotopic (exact) mass is 297 g/mol. The summed E-state index contributed by atoms with van der Waals surface area (Å²) in [6.07, 6.45) is 5.05. The first-order valence-corrected chi connectivity index (χ1v) is 8.39. The maximum atomic E-state index is 12.5. The molecule has 2 N–H and O–H groups in total. The lowest BCUT2D eigenvalue weighted by Gasteiger charge is -2.17. The van der Waals surface area contributed by atoms with Gasteiger partial charge in [-0.15, -0.1) is 0 Å². The fraction of sp³-hybridized carbons (Fsp3) is 0.615. The Balaban J connectivity index is 1.83. The molecule has 2 unspecified atom stereocenters. The average Bonchev–Trinajstić information content (AvgIpc) is 2.99. The average molecular weight is 297 g/mol. The maximum absolute atomic E-state index is 12.5. The van der Waals surface area contributed by atoms with Gasteiger partial charge in [-0.05, 0) is 30.7 Å². The summed E-state index contributed by atoms with van der Waals surface area (Å²) in [5.41, 5.74) is 0.383. The Kier molecular flexibility index (Phi) is 3.13. The van der Waals surface area contributed by atoms with E-state index in [0.717, 1.165) is 13.1 Å². The van der Waals surface area contributed by atoms with Crippen molar-refractivity contribution < 1.29 is 13.2 Å². The largest absolute Gasteiger partial charge is 0.345 e. The van der Waals surface area contributed by atoms with Gasteiger partial charge in [0.2, 0.25) is 10.0 Å². The molecule has 1 amide bonds. The molecule has 7 heteroatoms. The summed E-state index contributed by atoms with van der Waals surface area (Å²) >= 11 is 0. The van der Waals surface area contributed by atoms with Gasteiger partial charge in [0.15, 0.2) is 0 Å². The normalized spacial score (nSPS) is 26.0. The number of aryl methyl sites for hydroxylation is 1. The van der Waals surface area contributed by atoms with Gasteiger partial charge < -0.3 is 9.47 Å². The zero-order valence-corrected chi connectivity index (χ0v) is 12.3. The van der Waals surface area contributed by atoms with Crippen molar-refractivity contribution in [3.8, 4) is 0 Å². The standard InChI is InChI=1S/C13H19N3O3S/c1-15-8-11(20(14,18)19)5-12(15)13(17)16-6-9-3-2-4-10(9)7-16/h5,8-10H,2-4,6-7H2,1H3,(H2,14,18,19). The molecule has 1 aromatic rings. The number of aromatic nitrogens is 1. The van der Waals surface area contributed by atoms with Crippen molar-refractivity contribution in [2.24, 2.45) is 24.0 Å². The summed E-state index contributed by atoms with van der Waals surface area (Å²) in [4.78, 5) is 14.3. The lowest BCUT2D eigenvalue weighted by Crippen LogP contribution is -2.30. The van der Waals surface area contributed by atoms with E-state index < -0.39 is 10.0 Å². The van der Waals surface area contributed by atoms with Gasteiger partial charge in [-0.2, -0.15) is 0 Å². The van der Waals surface area contributed by atoms with E-state index >= 15 is 0 Å². The Morgan fingerprint density at radius 1 is 1.30 bits per heavy atom. The van der Waals surface area contributed by atoms with Crippen LogP contribution >= 0.6 is 0 Å². The van der Waals surface area contributed by atoms with Gasteiger partial charge >= 0.3 is 0 Å². The van der Waals surface area contributed by atoms with E-state index in [1.54, 1.807) is 7.05 Å². The van der Waals surface area contributed by atoms with Crippen molar-refractivity contribution >= 4 is 15.9 Å². The van der Waals surface area contributed by atoms with Crippen molar-refractivity contribution in [2.45, 2.75) is 24.2 Å². The van der Waals surface area contributed by atoms with Crippen molar-refractivity contribution in [1.82, 2.24) is 9.47 Å². The molecule has 1 aliphatic heterocycles. The second-order valence-electron chi connectivity index (χ2n) is 5.88. The first-order valence-electron chi connectivity index (χ1n) is 6.84. The lowest BCUT2D eigenvalue weighted by atomic mass is 10.0. The minimum absolute atomic E-state index is 0.0114. The van der Waals surface area contributed by atoms with Crippen LogP contribution in [0.1, 0.15) is 29.8 Å². The van der Waals surface area contributed by atoms with E-state index in [4.69, 9.17) is 5.14 Å². The van der Waals surface area contributed by atoms with Gasteiger partial charge in [0.1, 0.15) is 10.6 Å². The van der Waals surface area contributed by atoms with Crippen LogP contribution in [0.3, 0.4) is 0 Å². The number of fused-ring (bicyclic) bond motifs is 1. The third-order valence-electron chi connectivity index (χ3n) is 4.54. The molecule has 1 saturated heterocycles. The number of nitrogens with two attached hydrogens (primary N) is 1. The number of likely N-dealkylation sites (tertiary alicyclic amines) is 1. The molecule has 2 fully saturated rings. The van der Waals surface area contributed by atoms with Crippen molar-refractivity contribution in [3.63, 3.8) is 0 Å². The smallest absolute Gasteiger partial charge is 0.270 e. The molecule has 6 nitrogen and oxygen atoms in total. The van der Waals surface area contributed by atoms with Gasteiger partial charge in [-0.3, -0.25) is 4.79 Å². The van der Waals surface area contributed by atoms with Crippen LogP contribution in [0, 0.1) is 11.8 Å². The number of carbonyl (C=O) groups is 1.